The predicted molar refractivity (Wildman–Crippen MR) is 104 cm³/mol. The number of pyridine rings is 1. The Hall–Kier alpha value is -2.11. The van der Waals surface area contributed by atoms with Crippen LogP contribution >= 0.6 is 22.9 Å². The Morgan fingerprint density at radius 3 is 2.68 bits per heavy atom. The van der Waals surface area contributed by atoms with Crippen molar-refractivity contribution < 1.29 is 4.79 Å². The van der Waals surface area contributed by atoms with E-state index >= 15 is 0 Å². The number of aromatic nitrogens is 1. The zero-order valence-corrected chi connectivity index (χ0v) is 16.1. The Morgan fingerprint density at radius 1 is 1.20 bits per heavy atom. The van der Waals surface area contributed by atoms with Crippen LogP contribution in [0.15, 0.2) is 41.8 Å². The quantitative estimate of drug-likeness (QED) is 0.607. The van der Waals surface area contributed by atoms with Gasteiger partial charge >= 0.3 is 6.03 Å². The topological polar surface area (TPSA) is 36.4 Å². The Morgan fingerprint density at radius 2 is 2.00 bits per heavy atom. The molecule has 0 atom stereocenters. The molecule has 0 saturated heterocycles. The number of fused-ring (bicyclic) bond motifs is 1. The number of amides is 2. The number of carbonyl (C=O) groups excluding carboxylic acids is 1. The lowest BCUT2D eigenvalue weighted by Gasteiger charge is -2.26. The van der Waals surface area contributed by atoms with Gasteiger partial charge in [-0.05, 0) is 36.6 Å². The average molecular weight is 374 g/mol. The third-order valence-electron chi connectivity index (χ3n) is 3.94. The summed E-state index contributed by atoms with van der Waals surface area (Å²) >= 11 is 8.03. The van der Waals surface area contributed by atoms with Crippen LogP contribution in [-0.4, -0.2) is 34.9 Å². The summed E-state index contributed by atoms with van der Waals surface area (Å²) in [5.74, 6) is 0. The number of urea groups is 1. The predicted octanol–water partition coefficient (Wildman–Crippen LogP) is 4.94. The summed E-state index contributed by atoms with van der Waals surface area (Å²) in [5, 5.41) is 3.49. The number of thiophene rings is 1. The van der Waals surface area contributed by atoms with Gasteiger partial charge in [0.1, 0.15) is 5.15 Å². The largest absolute Gasteiger partial charge is 0.331 e. The van der Waals surface area contributed by atoms with E-state index in [4.69, 9.17) is 11.6 Å². The minimum absolute atomic E-state index is 0.0474. The van der Waals surface area contributed by atoms with Crippen LogP contribution in [0.25, 0.3) is 10.9 Å². The maximum absolute atomic E-state index is 12.6. The highest BCUT2D eigenvalue weighted by molar-refractivity contribution is 7.09. The second kappa shape index (κ2) is 7.42. The van der Waals surface area contributed by atoms with E-state index in [1.807, 2.05) is 42.6 Å². The minimum Gasteiger partial charge on any atom is -0.331 e. The van der Waals surface area contributed by atoms with Gasteiger partial charge in [0, 0.05) is 29.9 Å². The van der Waals surface area contributed by atoms with Gasteiger partial charge in [0.15, 0.2) is 0 Å². The Bertz CT molecular complexity index is 893. The van der Waals surface area contributed by atoms with Crippen molar-refractivity contribution in [1.29, 1.82) is 0 Å². The molecule has 3 aromatic rings. The highest BCUT2D eigenvalue weighted by atomic mass is 35.5. The highest BCUT2D eigenvalue weighted by Crippen LogP contribution is 2.24. The molecule has 0 aliphatic heterocycles. The molecule has 0 radical (unpaired) electrons. The molecule has 2 aromatic heterocycles. The summed E-state index contributed by atoms with van der Waals surface area (Å²) in [4.78, 5) is 21.6. The zero-order valence-electron chi connectivity index (χ0n) is 14.5. The third-order valence-corrected chi connectivity index (χ3v) is 5.13. The number of benzene rings is 1. The summed E-state index contributed by atoms with van der Waals surface area (Å²) < 4.78 is 0. The van der Waals surface area contributed by atoms with Crippen molar-refractivity contribution in [3.8, 4) is 0 Å². The maximum atomic E-state index is 12.6. The number of halogens is 1. The number of hydrogen-bond donors (Lipinski definition) is 0. The molecule has 0 bridgehead atoms. The fourth-order valence-electron chi connectivity index (χ4n) is 2.70. The van der Waals surface area contributed by atoms with E-state index in [0.717, 1.165) is 21.3 Å². The van der Waals surface area contributed by atoms with Crippen molar-refractivity contribution in [1.82, 2.24) is 14.8 Å². The normalized spacial score (nSPS) is 10.9. The number of hydrogen-bond acceptors (Lipinski definition) is 3. The first kappa shape index (κ1) is 17.7. The lowest BCUT2D eigenvalue weighted by Crippen LogP contribution is -2.38. The summed E-state index contributed by atoms with van der Waals surface area (Å²) in [6.07, 6.45) is 0. The number of nitrogens with zero attached hydrogens (tertiary/aromatic N) is 3. The van der Waals surface area contributed by atoms with E-state index in [-0.39, 0.29) is 6.03 Å². The summed E-state index contributed by atoms with van der Waals surface area (Å²) in [6, 6.07) is 12.1. The van der Waals surface area contributed by atoms with Crippen molar-refractivity contribution in [2.45, 2.75) is 20.0 Å². The first-order chi connectivity index (χ1) is 11.9. The number of rotatable bonds is 4. The monoisotopic (exact) mass is 373 g/mol. The van der Waals surface area contributed by atoms with Gasteiger partial charge in [0.25, 0.3) is 0 Å². The second-order valence-corrected chi connectivity index (χ2v) is 7.64. The van der Waals surface area contributed by atoms with Crippen LogP contribution in [0.4, 0.5) is 4.79 Å². The molecule has 0 spiro atoms. The standard InChI is InChI=1S/C19H20ClN3OS/c1-13-6-7-17-14(9-13)10-15(18(20)21-17)11-23(19(24)22(2)3)12-16-5-4-8-25-16/h4-10H,11-12H2,1-3H3. The smallest absolute Gasteiger partial charge is 0.320 e. The van der Waals surface area contributed by atoms with E-state index in [1.54, 1.807) is 35.2 Å². The molecule has 2 amide bonds. The summed E-state index contributed by atoms with van der Waals surface area (Å²) in [6.45, 7) is 3.02. The Balaban J connectivity index is 1.93. The summed E-state index contributed by atoms with van der Waals surface area (Å²) in [5.41, 5.74) is 2.89. The molecular weight excluding hydrogens is 354 g/mol. The molecule has 6 heteroatoms. The molecular formula is C19H20ClN3OS. The average Bonchev–Trinajstić information content (AvgIpc) is 3.07. The lowest BCUT2D eigenvalue weighted by molar-refractivity contribution is 0.166. The van der Waals surface area contributed by atoms with E-state index in [9.17, 15) is 4.79 Å². The lowest BCUT2D eigenvalue weighted by atomic mass is 10.1. The summed E-state index contributed by atoms with van der Waals surface area (Å²) in [7, 11) is 3.51. The molecule has 25 heavy (non-hydrogen) atoms. The first-order valence-corrected chi connectivity index (χ1v) is 9.24. The highest BCUT2D eigenvalue weighted by Gasteiger charge is 2.19. The maximum Gasteiger partial charge on any atom is 0.320 e. The molecule has 0 saturated carbocycles. The SMILES string of the molecule is Cc1ccc2nc(Cl)c(CN(Cc3cccs3)C(=O)N(C)C)cc2c1. The van der Waals surface area contributed by atoms with Crippen molar-refractivity contribution >= 4 is 39.9 Å². The van der Waals surface area contributed by atoms with Crippen molar-refractivity contribution in [3.05, 3.63) is 62.9 Å². The molecule has 3 rings (SSSR count). The van der Waals surface area contributed by atoms with Gasteiger partial charge in [-0.25, -0.2) is 9.78 Å². The first-order valence-electron chi connectivity index (χ1n) is 7.98. The molecule has 0 aliphatic carbocycles. The van der Waals surface area contributed by atoms with Crippen LogP contribution in [0.5, 0.6) is 0 Å². The molecule has 2 heterocycles. The Labute approximate surface area is 156 Å². The molecule has 130 valence electrons. The van der Waals surface area contributed by atoms with Gasteiger partial charge in [0.2, 0.25) is 0 Å². The fraction of sp³-hybridized carbons (Fsp3) is 0.263. The van der Waals surface area contributed by atoms with E-state index < -0.39 is 0 Å². The molecule has 0 unspecified atom stereocenters. The van der Waals surface area contributed by atoms with Crippen LogP contribution in [0.1, 0.15) is 16.0 Å². The van der Waals surface area contributed by atoms with Gasteiger partial charge in [-0.3, -0.25) is 0 Å². The van der Waals surface area contributed by atoms with E-state index in [1.165, 1.54) is 5.56 Å². The molecule has 0 aliphatic rings. The molecule has 1 aromatic carbocycles. The molecule has 0 fully saturated rings. The Kier molecular flexibility index (Phi) is 5.25. The van der Waals surface area contributed by atoms with Crippen LogP contribution in [0.2, 0.25) is 5.15 Å². The molecule has 0 N–H and O–H groups in total. The van der Waals surface area contributed by atoms with Gasteiger partial charge in [0.05, 0.1) is 18.6 Å². The number of aryl methyl sites for hydroxylation is 1. The van der Waals surface area contributed by atoms with Gasteiger partial charge < -0.3 is 9.80 Å². The van der Waals surface area contributed by atoms with Crippen molar-refractivity contribution in [3.63, 3.8) is 0 Å². The second-order valence-electron chi connectivity index (χ2n) is 6.25. The zero-order chi connectivity index (χ0) is 18.0. The minimum atomic E-state index is -0.0474. The van der Waals surface area contributed by atoms with Crippen LogP contribution in [-0.2, 0) is 13.1 Å². The molecule has 4 nitrogen and oxygen atoms in total. The fourth-order valence-corrected chi connectivity index (χ4v) is 3.62. The third kappa shape index (κ3) is 4.11. The van der Waals surface area contributed by atoms with Crippen LogP contribution in [0.3, 0.4) is 0 Å². The number of carbonyl (C=O) groups is 1. The van der Waals surface area contributed by atoms with Gasteiger partial charge in [-0.2, -0.15) is 0 Å². The van der Waals surface area contributed by atoms with E-state index in [0.29, 0.717) is 18.2 Å². The van der Waals surface area contributed by atoms with Crippen LogP contribution < -0.4 is 0 Å². The van der Waals surface area contributed by atoms with Gasteiger partial charge in [-0.15, -0.1) is 11.3 Å². The van der Waals surface area contributed by atoms with Crippen LogP contribution in [0, 0.1) is 6.92 Å². The van der Waals surface area contributed by atoms with Crippen molar-refractivity contribution in [2.24, 2.45) is 0 Å². The van der Waals surface area contributed by atoms with Gasteiger partial charge in [-0.1, -0.05) is 29.3 Å². The van der Waals surface area contributed by atoms with Crippen molar-refractivity contribution in [2.75, 3.05) is 14.1 Å². The van der Waals surface area contributed by atoms with E-state index in [2.05, 4.69) is 11.1 Å².